The molecule has 2 rings (SSSR count). The lowest BCUT2D eigenvalue weighted by Crippen LogP contribution is -2.04. The van der Waals surface area contributed by atoms with Crippen LogP contribution in [0.3, 0.4) is 0 Å². The van der Waals surface area contributed by atoms with Crippen molar-refractivity contribution in [3.63, 3.8) is 0 Å². The highest BCUT2D eigenvalue weighted by Gasteiger charge is 2.16. The summed E-state index contributed by atoms with van der Waals surface area (Å²) in [6.07, 6.45) is 0. The summed E-state index contributed by atoms with van der Waals surface area (Å²) in [6, 6.07) is 3.43. The summed E-state index contributed by atoms with van der Waals surface area (Å²) in [7, 11) is 0. The first kappa shape index (κ1) is 11.4. The van der Waals surface area contributed by atoms with Gasteiger partial charge in [-0.05, 0) is 39.5 Å². The maximum atomic E-state index is 13.5. The molecule has 0 spiro atoms. The van der Waals surface area contributed by atoms with Gasteiger partial charge < -0.3 is 0 Å². The summed E-state index contributed by atoms with van der Waals surface area (Å²) in [6.45, 7) is 0. The lowest BCUT2D eigenvalue weighted by molar-refractivity contribution is 0.103. The minimum absolute atomic E-state index is 0.00636. The van der Waals surface area contributed by atoms with Crippen molar-refractivity contribution >= 4 is 33.0 Å². The second-order valence-electron chi connectivity index (χ2n) is 3.09. The van der Waals surface area contributed by atoms with Crippen LogP contribution in [0.2, 0.25) is 0 Å². The third-order valence-corrected chi connectivity index (χ3v) is 3.33. The van der Waals surface area contributed by atoms with Gasteiger partial charge in [0.1, 0.15) is 11.6 Å². The van der Waals surface area contributed by atoms with Gasteiger partial charge in [-0.25, -0.2) is 8.78 Å². The van der Waals surface area contributed by atoms with Gasteiger partial charge in [0, 0.05) is 10.9 Å². The molecule has 0 N–H and O–H groups in total. The number of carbonyl (C=O) groups is 1. The van der Waals surface area contributed by atoms with Crippen LogP contribution >= 0.6 is 27.3 Å². The number of rotatable bonds is 2. The summed E-state index contributed by atoms with van der Waals surface area (Å²) < 4.78 is 26.7. The van der Waals surface area contributed by atoms with Crippen LogP contribution in [0.1, 0.15) is 15.9 Å². The van der Waals surface area contributed by atoms with Gasteiger partial charge in [0.25, 0.3) is 0 Å². The zero-order chi connectivity index (χ0) is 11.7. The Morgan fingerprint density at radius 3 is 2.62 bits per heavy atom. The zero-order valence-corrected chi connectivity index (χ0v) is 10.2. The van der Waals surface area contributed by atoms with Crippen LogP contribution in [-0.4, -0.2) is 5.78 Å². The molecule has 1 heterocycles. The van der Waals surface area contributed by atoms with Crippen molar-refractivity contribution in [1.82, 2.24) is 0 Å². The van der Waals surface area contributed by atoms with E-state index >= 15 is 0 Å². The number of hydrogen-bond acceptors (Lipinski definition) is 2. The lowest BCUT2D eigenvalue weighted by atomic mass is 10.1. The molecule has 0 saturated heterocycles. The van der Waals surface area contributed by atoms with E-state index in [1.807, 2.05) is 0 Å². The first-order chi connectivity index (χ1) is 7.59. The Morgan fingerprint density at radius 2 is 2.00 bits per heavy atom. The largest absolute Gasteiger partial charge is 0.288 e. The first-order valence-corrected chi connectivity index (χ1v) is 6.04. The van der Waals surface area contributed by atoms with Crippen LogP contribution in [0.4, 0.5) is 8.78 Å². The summed E-state index contributed by atoms with van der Waals surface area (Å²) in [4.78, 5) is 11.8. The fourth-order valence-corrected chi connectivity index (χ4v) is 2.20. The minimum atomic E-state index is -0.732. The number of carbonyl (C=O) groups excluding carboxylic acids is 1. The fourth-order valence-electron chi connectivity index (χ4n) is 1.25. The van der Waals surface area contributed by atoms with Crippen LogP contribution in [-0.2, 0) is 0 Å². The number of hydrogen-bond donors (Lipinski definition) is 0. The van der Waals surface area contributed by atoms with E-state index in [9.17, 15) is 13.6 Å². The molecule has 5 heteroatoms. The highest BCUT2D eigenvalue weighted by Crippen LogP contribution is 2.22. The second kappa shape index (κ2) is 4.43. The molecule has 1 nitrogen and oxygen atoms in total. The second-order valence-corrected chi connectivity index (χ2v) is 4.72. The molecule has 16 heavy (non-hydrogen) atoms. The van der Waals surface area contributed by atoms with Crippen molar-refractivity contribution < 1.29 is 13.6 Å². The molecule has 0 saturated carbocycles. The average molecular weight is 303 g/mol. The monoisotopic (exact) mass is 302 g/mol. The van der Waals surface area contributed by atoms with Crippen LogP contribution in [0.25, 0.3) is 0 Å². The molecule has 0 aliphatic carbocycles. The van der Waals surface area contributed by atoms with Crippen LogP contribution < -0.4 is 0 Å². The highest BCUT2D eigenvalue weighted by molar-refractivity contribution is 9.10. The van der Waals surface area contributed by atoms with Crippen molar-refractivity contribution in [1.29, 1.82) is 0 Å². The third-order valence-electron chi connectivity index (χ3n) is 2.04. The topological polar surface area (TPSA) is 17.1 Å². The van der Waals surface area contributed by atoms with Gasteiger partial charge in [-0.1, -0.05) is 0 Å². The summed E-state index contributed by atoms with van der Waals surface area (Å²) in [5.74, 6) is -1.89. The van der Waals surface area contributed by atoms with Crippen LogP contribution in [0, 0.1) is 11.6 Å². The van der Waals surface area contributed by atoms with E-state index < -0.39 is 17.4 Å². The van der Waals surface area contributed by atoms with Gasteiger partial charge in [0.05, 0.1) is 10.0 Å². The van der Waals surface area contributed by atoms with E-state index in [4.69, 9.17) is 0 Å². The van der Waals surface area contributed by atoms with E-state index in [0.717, 1.165) is 12.1 Å². The van der Waals surface area contributed by atoms with Gasteiger partial charge in [0.15, 0.2) is 5.78 Å². The van der Waals surface area contributed by atoms with E-state index in [2.05, 4.69) is 15.9 Å². The van der Waals surface area contributed by atoms with Crippen molar-refractivity contribution in [3.05, 3.63) is 56.2 Å². The normalized spacial score (nSPS) is 10.4. The lowest BCUT2D eigenvalue weighted by Gasteiger charge is -2.02. The molecular formula is C11H5BrF2OS. The molecular weight excluding hydrogens is 298 g/mol. The SMILES string of the molecule is O=C(c1ccsc1)c1cc(F)c(Br)cc1F. The molecule has 0 radical (unpaired) electrons. The van der Waals surface area contributed by atoms with Crippen LogP contribution in [0.15, 0.2) is 33.4 Å². The molecule has 82 valence electrons. The fraction of sp³-hybridized carbons (Fsp3) is 0. The average Bonchev–Trinajstić information content (AvgIpc) is 2.75. The summed E-state index contributed by atoms with van der Waals surface area (Å²) in [5, 5.41) is 3.31. The Kier molecular flexibility index (Phi) is 3.16. The van der Waals surface area contributed by atoms with Crippen molar-refractivity contribution in [2.24, 2.45) is 0 Å². The summed E-state index contributed by atoms with van der Waals surface area (Å²) in [5.41, 5.74) is 0.115. The number of benzene rings is 1. The summed E-state index contributed by atoms with van der Waals surface area (Å²) >= 11 is 4.18. The predicted molar refractivity (Wildman–Crippen MR) is 61.8 cm³/mol. The molecule has 1 aromatic heterocycles. The number of ketones is 1. The maximum absolute atomic E-state index is 13.5. The van der Waals surface area contributed by atoms with Crippen molar-refractivity contribution in [2.75, 3.05) is 0 Å². The Hall–Kier alpha value is -1.07. The molecule has 0 aliphatic heterocycles. The van der Waals surface area contributed by atoms with E-state index in [-0.39, 0.29) is 10.0 Å². The van der Waals surface area contributed by atoms with E-state index in [0.29, 0.717) is 5.56 Å². The standard InChI is InChI=1S/C11H5BrF2OS/c12-8-4-9(13)7(3-10(8)14)11(15)6-1-2-16-5-6/h1-5H. The smallest absolute Gasteiger partial charge is 0.196 e. The van der Waals surface area contributed by atoms with E-state index in [1.54, 1.807) is 16.8 Å². The van der Waals surface area contributed by atoms with Gasteiger partial charge in [-0.3, -0.25) is 4.79 Å². The highest BCUT2D eigenvalue weighted by atomic mass is 79.9. The molecule has 0 aliphatic rings. The first-order valence-electron chi connectivity index (χ1n) is 4.31. The quantitative estimate of drug-likeness (QED) is 0.605. The van der Waals surface area contributed by atoms with E-state index in [1.165, 1.54) is 11.3 Å². The minimum Gasteiger partial charge on any atom is -0.288 e. The Bertz CT molecular complexity index is 537. The molecule has 0 bridgehead atoms. The van der Waals surface area contributed by atoms with Crippen molar-refractivity contribution in [2.45, 2.75) is 0 Å². The molecule has 0 unspecified atom stereocenters. The molecule has 1 aromatic carbocycles. The van der Waals surface area contributed by atoms with Gasteiger partial charge >= 0.3 is 0 Å². The molecule has 0 amide bonds. The van der Waals surface area contributed by atoms with Gasteiger partial charge in [-0.15, -0.1) is 0 Å². The Balaban J connectivity index is 2.49. The Morgan fingerprint density at radius 1 is 1.25 bits per heavy atom. The molecule has 2 aromatic rings. The number of thiophene rings is 1. The third kappa shape index (κ3) is 2.05. The van der Waals surface area contributed by atoms with Crippen LogP contribution in [0.5, 0.6) is 0 Å². The molecule has 0 fully saturated rings. The molecule has 0 atom stereocenters. The maximum Gasteiger partial charge on any atom is 0.196 e. The van der Waals surface area contributed by atoms with Crippen molar-refractivity contribution in [3.8, 4) is 0 Å². The predicted octanol–water partition coefficient (Wildman–Crippen LogP) is 4.02. The van der Waals surface area contributed by atoms with Gasteiger partial charge in [-0.2, -0.15) is 11.3 Å². The Labute approximate surface area is 103 Å². The van der Waals surface area contributed by atoms with Gasteiger partial charge in [0.2, 0.25) is 0 Å². The zero-order valence-electron chi connectivity index (χ0n) is 7.84. The number of halogens is 3.